The molecule has 470 valence electrons. The SMILES string of the molecule is CCCC[C@H](NC(=O)[C@H](CN)NC(=O)[C@H](Cc1c[nH]cn1)NC(=O)[C@H](CCC(N)=O)NC(=O)[C@H](CO)NC(=O)COCCOCCNC(=O)COCCOCCNC(=O)CCCCCCCCCCCCCCCc1nnn[nH]1)C(=O)NC. The van der Waals surface area contributed by atoms with Crippen molar-refractivity contribution in [1.82, 2.24) is 73.1 Å². The molecule has 2 aromatic rings. The van der Waals surface area contributed by atoms with Crippen molar-refractivity contribution in [3.05, 3.63) is 24.0 Å². The highest BCUT2D eigenvalue weighted by molar-refractivity contribution is 5.97. The Morgan fingerprint density at radius 2 is 1.10 bits per heavy atom. The maximum absolute atomic E-state index is 13.7. The summed E-state index contributed by atoms with van der Waals surface area (Å²) in [5, 5.41) is 44.2. The number of nitrogens with one attached hydrogen (secondary N) is 10. The zero-order chi connectivity index (χ0) is 60.7. The topological polar surface area (TPSA) is 442 Å². The summed E-state index contributed by atoms with van der Waals surface area (Å²) >= 11 is 0. The Hall–Kier alpha value is -6.73. The molecule has 0 aliphatic rings. The predicted molar refractivity (Wildman–Crippen MR) is 302 cm³/mol. The first-order valence-electron chi connectivity index (χ1n) is 29.1. The minimum Gasteiger partial charge on any atom is -0.394 e. The van der Waals surface area contributed by atoms with E-state index in [1.54, 1.807) is 0 Å². The molecule has 0 aliphatic heterocycles. The van der Waals surface area contributed by atoms with Gasteiger partial charge >= 0.3 is 0 Å². The lowest BCUT2D eigenvalue weighted by molar-refractivity contribution is -0.136. The fraction of sp³-hybridized carbons (Fsp3) is 0.755. The second-order valence-electron chi connectivity index (χ2n) is 19.8. The molecule has 9 amide bonds. The summed E-state index contributed by atoms with van der Waals surface area (Å²) in [6, 6.07) is -6.75. The van der Waals surface area contributed by atoms with Crippen LogP contribution in [0.4, 0.5) is 0 Å². The largest absolute Gasteiger partial charge is 0.394 e. The quantitative estimate of drug-likeness (QED) is 0.0320. The molecule has 0 aromatic carbocycles. The maximum Gasteiger partial charge on any atom is 0.246 e. The van der Waals surface area contributed by atoms with E-state index >= 15 is 0 Å². The number of imidazole rings is 1. The molecule has 0 saturated heterocycles. The summed E-state index contributed by atoms with van der Waals surface area (Å²) in [4.78, 5) is 122. The summed E-state index contributed by atoms with van der Waals surface area (Å²) in [5.41, 5.74) is 11.5. The van der Waals surface area contributed by atoms with E-state index in [-0.39, 0.29) is 77.4 Å². The van der Waals surface area contributed by atoms with Crippen LogP contribution in [-0.2, 0) is 74.9 Å². The lowest BCUT2D eigenvalue weighted by atomic mass is 10.0. The van der Waals surface area contributed by atoms with Crippen LogP contribution in [0.5, 0.6) is 0 Å². The first kappa shape index (κ1) is 72.4. The van der Waals surface area contributed by atoms with Crippen LogP contribution in [0.2, 0.25) is 0 Å². The summed E-state index contributed by atoms with van der Waals surface area (Å²) in [7, 11) is 1.42. The Balaban J connectivity index is 1.58. The van der Waals surface area contributed by atoms with Gasteiger partial charge in [-0.1, -0.05) is 90.4 Å². The van der Waals surface area contributed by atoms with Gasteiger partial charge in [-0.3, -0.25) is 43.2 Å². The summed E-state index contributed by atoms with van der Waals surface area (Å²) < 4.78 is 21.5. The van der Waals surface area contributed by atoms with Crippen molar-refractivity contribution in [3.8, 4) is 0 Å². The number of unbranched alkanes of at least 4 members (excludes halogenated alkanes) is 13. The highest BCUT2D eigenvalue weighted by Gasteiger charge is 2.33. The number of amides is 9. The van der Waals surface area contributed by atoms with Crippen molar-refractivity contribution < 1.29 is 67.2 Å². The molecule has 0 bridgehead atoms. The number of hydrogen-bond acceptors (Lipinski definition) is 19. The van der Waals surface area contributed by atoms with Crippen LogP contribution < -0.4 is 54.0 Å². The van der Waals surface area contributed by atoms with E-state index in [4.69, 9.17) is 30.4 Å². The molecule has 30 nitrogen and oxygen atoms in total. The molecule has 0 fully saturated rings. The van der Waals surface area contributed by atoms with Crippen LogP contribution in [0.1, 0.15) is 140 Å². The van der Waals surface area contributed by atoms with Gasteiger partial charge in [-0.05, 0) is 36.1 Å². The highest BCUT2D eigenvalue weighted by Crippen LogP contribution is 2.14. The molecule has 15 N–H and O–H groups in total. The van der Waals surface area contributed by atoms with Crippen LogP contribution in [-0.4, -0.2) is 205 Å². The van der Waals surface area contributed by atoms with Crippen LogP contribution in [0.3, 0.4) is 0 Å². The lowest BCUT2D eigenvalue weighted by Crippen LogP contribution is -2.61. The summed E-state index contributed by atoms with van der Waals surface area (Å²) in [6.45, 7) is 1.36. The number of aromatic amines is 2. The van der Waals surface area contributed by atoms with Gasteiger partial charge in [-0.15, -0.1) is 5.10 Å². The van der Waals surface area contributed by atoms with Crippen LogP contribution in [0.15, 0.2) is 12.5 Å². The number of carbonyl (C=O) groups excluding carboxylic acids is 9. The fourth-order valence-corrected chi connectivity index (χ4v) is 8.22. The second-order valence-corrected chi connectivity index (χ2v) is 19.8. The van der Waals surface area contributed by atoms with E-state index in [0.717, 1.165) is 44.3 Å². The Morgan fingerprint density at radius 3 is 1.64 bits per heavy atom. The minimum absolute atomic E-state index is 0.00847. The number of tetrazole rings is 1. The van der Waals surface area contributed by atoms with Gasteiger partial charge in [0.2, 0.25) is 53.2 Å². The number of ether oxygens (including phenoxy) is 4. The van der Waals surface area contributed by atoms with Crippen LogP contribution >= 0.6 is 0 Å². The van der Waals surface area contributed by atoms with Gasteiger partial charge < -0.3 is 83.0 Å². The number of carbonyl (C=O) groups is 9. The van der Waals surface area contributed by atoms with E-state index in [1.165, 1.54) is 77.4 Å². The average molecular weight is 1180 g/mol. The van der Waals surface area contributed by atoms with Crippen LogP contribution in [0.25, 0.3) is 0 Å². The zero-order valence-electron chi connectivity index (χ0n) is 48.6. The van der Waals surface area contributed by atoms with Crippen molar-refractivity contribution in [1.29, 1.82) is 0 Å². The van der Waals surface area contributed by atoms with E-state index in [2.05, 4.69) is 73.1 Å². The Kier molecular flexibility index (Phi) is 40.7. The molecule has 0 aliphatic carbocycles. The standard InChI is InChI=1S/C53H94N16O14/c1-3-4-18-39(49(75)56-2)62-52(78)42(32-54)65-51(77)41(31-38-33-57-37-60-38)64-50(76)40(21-22-44(55)71)63-53(79)43(34-70)61-48(74)36-83-30-28-81-26-24-59-47(73)35-82-29-27-80-25-23-58-46(72)20-17-15-13-11-9-7-5-6-8-10-12-14-16-19-45-66-68-69-67-45/h33,37,39-43,70H,3-32,34-36,54H2,1-2H3,(H2,55,71)(H,56,75)(H,57,60)(H,58,72)(H,59,73)(H,61,74)(H,62,78)(H,63,79)(H,64,76)(H,65,77)(H,66,67,68,69)/t39-,40-,41-,42-,43-/m0/s1. The molecule has 0 saturated carbocycles. The number of aryl methyl sites for hydroxylation is 1. The zero-order valence-corrected chi connectivity index (χ0v) is 48.6. The van der Waals surface area contributed by atoms with Gasteiger partial charge in [0.25, 0.3) is 0 Å². The molecule has 0 spiro atoms. The molecule has 83 heavy (non-hydrogen) atoms. The third-order valence-electron chi connectivity index (χ3n) is 12.9. The van der Waals surface area contributed by atoms with Crippen LogP contribution in [0, 0.1) is 0 Å². The van der Waals surface area contributed by atoms with Crippen molar-refractivity contribution in [3.63, 3.8) is 0 Å². The number of primary amides is 1. The molecule has 0 unspecified atom stereocenters. The summed E-state index contributed by atoms with van der Waals surface area (Å²) in [5.74, 6) is -5.16. The Bertz CT molecular complexity index is 2120. The van der Waals surface area contributed by atoms with Gasteiger partial charge in [0, 0.05) is 58.6 Å². The number of aliphatic hydroxyl groups excluding tert-OH is 1. The van der Waals surface area contributed by atoms with Gasteiger partial charge in [-0.25, -0.2) is 10.1 Å². The molecular formula is C53H94N16O14. The average Bonchev–Trinajstić information content (AvgIpc) is 4.27. The Morgan fingerprint density at radius 1 is 0.578 bits per heavy atom. The van der Waals surface area contributed by atoms with Gasteiger partial charge in [-0.2, -0.15) is 0 Å². The maximum atomic E-state index is 13.7. The van der Waals surface area contributed by atoms with E-state index < -0.39 is 91.2 Å². The number of nitrogens with two attached hydrogens (primary N) is 2. The second kappa shape index (κ2) is 46.7. The molecule has 2 heterocycles. The molecule has 5 atom stereocenters. The lowest BCUT2D eigenvalue weighted by Gasteiger charge is -2.26. The molecule has 0 radical (unpaired) electrons. The number of nitrogens with zero attached hydrogens (tertiary/aromatic N) is 4. The smallest absolute Gasteiger partial charge is 0.246 e. The summed E-state index contributed by atoms with van der Waals surface area (Å²) in [6.07, 6.45) is 20.5. The monoisotopic (exact) mass is 1180 g/mol. The molecule has 2 aromatic heterocycles. The number of H-pyrrole nitrogens is 2. The number of rotatable bonds is 52. The van der Waals surface area contributed by atoms with E-state index in [0.29, 0.717) is 38.1 Å². The predicted octanol–water partition coefficient (Wildman–Crippen LogP) is -1.96. The van der Waals surface area contributed by atoms with Gasteiger partial charge in [0.15, 0.2) is 0 Å². The van der Waals surface area contributed by atoms with Gasteiger partial charge in [0.05, 0.1) is 58.3 Å². The normalized spacial score (nSPS) is 12.9. The number of hydrogen-bond donors (Lipinski definition) is 13. The number of likely N-dealkylation sites (N-methyl/N-ethyl adjacent to an activating group) is 1. The van der Waals surface area contributed by atoms with Gasteiger partial charge in [0.1, 0.15) is 49.2 Å². The van der Waals surface area contributed by atoms with E-state index in [9.17, 15) is 48.3 Å². The minimum atomic E-state index is -1.58. The third-order valence-corrected chi connectivity index (χ3v) is 12.9. The van der Waals surface area contributed by atoms with E-state index in [1.807, 2.05) is 6.92 Å². The number of aliphatic hydroxyl groups is 1. The number of aromatic nitrogens is 6. The fourth-order valence-electron chi connectivity index (χ4n) is 8.22. The first-order valence-corrected chi connectivity index (χ1v) is 29.1. The Labute approximate surface area is 485 Å². The first-order chi connectivity index (χ1) is 40.2. The molecule has 2 rings (SSSR count). The molecular weight excluding hydrogens is 1080 g/mol. The van der Waals surface area contributed by atoms with Crippen molar-refractivity contribution in [2.24, 2.45) is 11.5 Å². The van der Waals surface area contributed by atoms with Crippen molar-refractivity contribution in [2.45, 2.75) is 172 Å². The van der Waals surface area contributed by atoms with Crippen molar-refractivity contribution in [2.75, 3.05) is 86.1 Å². The van der Waals surface area contributed by atoms with Crippen molar-refractivity contribution >= 4 is 53.2 Å². The molecule has 30 heteroatoms. The highest BCUT2D eigenvalue weighted by atomic mass is 16.5. The third kappa shape index (κ3) is 35.8.